The number of para-hydroxylation sites is 1. The fourth-order valence-corrected chi connectivity index (χ4v) is 2.70. The van der Waals surface area contributed by atoms with Crippen molar-refractivity contribution in [3.8, 4) is 0 Å². The lowest BCUT2D eigenvalue weighted by Crippen LogP contribution is -2.24. The Balaban J connectivity index is 2.33. The summed E-state index contributed by atoms with van der Waals surface area (Å²) in [7, 11) is 0. The summed E-state index contributed by atoms with van der Waals surface area (Å²) < 4.78 is 1.68. The van der Waals surface area contributed by atoms with Crippen LogP contribution in [0.25, 0.3) is 11.0 Å². The number of benzene rings is 1. The van der Waals surface area contributed by atoms with E-state index in [9.17, 15) is 14.4 Å². The fourth-order valence-electron chi connectivity index (χ4n) is 2.70. The van der Waals surface area contributed by atoms with Crippen LogP contribution < -0.4 is 11.0 Å². The van der Waals surface area contributed by atoms with Gasteiger partial charge in [0.25, 0.3) is 0 Å². The van der Waals surface area contributed by atoms with Gasteiger partial charge in [0.05, 0.1) is 11.0 Å². The molecule has 1 unspecified atom stereocenters. The van der Waals surface area contributed by atoms with Crippen molar-refractivity contribution >= 4 is 23.4 Å². The summed E-state index contributed by atoms with van der Waals surface area (Å²) in [5.74, 6) is -0.0264. The molecule has 118 valence electrons. The maximum atomic E-state index is 12.3. The lowest BCUT2D eigenvalue weighted by Gasteiger charge is -2.13. The molecule has 0 fully saturated rings. The largest absolute Gasteiger partial charge is 0.326 e. The van der Waals surface area contributed by atoms with Gasteiger partial charge in [0.1, 0.15) is 0 Å². The van der Waals surface area contributed by atoms with E-state index in [2.05, 4.69) is 24.1 Å². The third-order valence-electron chi connectivity index (χ3n) is 3.86. The van der Waals surface area contributed by atoms with Gasteiger partial charge in [0, 0.05) is 12.5 Å². The number of aromatic amines is 1. The quantitative estimate of drug-likeness (QED) is 0.801. The van der Waals surface area contributed by atoms with Gasteiger partial charge >= 0.3 is 5.69 Å². The molecule has 2 aromatic rings. The summed E-state index contributed by atoms with van der Waals surface area (Å²) in [6.07, 6.45) is 1.06. The number of carbonyl (C=O) groups is 2. The monoisotopic (exact) mass is 303 g/mol. The molecule has 22 heavy (non-hydrogen) atoms. The minimum Gasteiger partial charge on any atom is -0.305 e. The van der Waals surface area contributed by atoms with Crippen LogP contribution in [0.15, 0.2) is 23.0 Å². The minimum absolute atomic E-state index is 0.138. The Morgan fingerprint density at radius 2 is 2.09 bits per heavy atom. The number of imide groups is 1. The Labute approximate surface area is 128 Å². The van der Waals surface area contributed by atoms with Crippen molar-refractivity contribution < 1.29 is 9.59 Å². The first-order chi connectivity index (χ1) is 10.5. The zero-order valence-corrected chi connectivity index (χ0v) is 13.1. The fraction of sp³-hybridized carbons (Fsp3) is 0.438. The number of aromatic nitrogens is 2. The molecule has 0 aliphatic rings. The average Bonchev–Trinajstić information content (AvgIpc) is 2.80. The van der Waals surface area contributed by atoms with E-state index in [1.807, 2.05) is 25.1 Å². The molecule has 0 aliphatic heterocycles. The molecule has 0 spiro atoms. The topological polar surface area (TPSA) is 84.0 Å². The van der Waals surface area contributed by atoms with Crippen molar-refractivity contribution in [2.45, 2.75) is 45.6 Å². The number of imidazole rings is 1. The number of carbonyl (C=O) groups excluding carboxylic acids is 2. The van der Waals surface area contributed by atoms with E-state index >= 15 is 0 Å². The molecule has 0 aliphatic carbocycles. The van der Waals surface area contributed by atoms with E-state index in [1.165, 1.54) is 0 Å². The minimum atomic E-state index is -0.336. The van der Waals surface area contributed by atoms with Crippen LogP contribution in [0.4, 0.5) is 0 Å². The molecule has 6 heteroatoms. The maximum Gasteiger partial charge on any atom is 0.326 e. The van der Waals surface area contributed by atoms with Crippen molar-refractivity contribution in [1.29, 1.82) is 0 Å². The number of nitrogens with zero attached hydrogens (tertiary/aromatic N) is 1. The summed E-state index contributed by atoms with van der Waals surface area (Å²) in [6, 6.07) is 5.71. The molecule has 0 saturated heterocycles. The molecular formula is C16H21N3O3. The zero-order valence-electron chi connectivity index (χ0n) is 13.1. The Hall–Kier alpha value is -2.37. The molecule has 0 saturated carbocycles. The second-order valence-electron chi connectivity index (χ2n) is 5.77. The number of hydrogen-bond acceptors (Lipinski definition) is 3. The van der Waals surface area contributed by atoms with Gasteiger partial charge in [0.2, 0.25) is 12.3 Å². The highest BCUT2D eigenvalue weighted by Gasteiger charge is 2.16. The molecule has 1 aromatic heterocycles. The third kappa shape index (κ3) is 3.10. The van der Waals surface area contributed by atoms with Crippen LogP contribution in [0.1, 0.15) is 51.1 Å². The summed E-state index contributed by atoms with van der Waals surface area (Å²) in [5.41, 5.74) is 2.62. The Kier molecular flexibility index (Phi) is 4.80. The number of amides is 2. The smallest absolute Gasteiger partial charge is 0.305 e. The Morgan fingerprint density at radius 3 is 2.73 bits per heavy atom. The molecule has 2 N–H and O–H groups in total. The van der Waals surface area contributed by atoms with Gasteiger partial charge in [0.15, 0.2) is 0 Å². The van der Waals surface area contributed by atoms with Gasteiger partial charge in [-0.25, -0.2) is 4.79 Å². The van der Waals surface area contributed by atoms with E-state index in [-0.39, 0.29) is 24.1 Å². The number of fused-ring (bicyclic) bond motifs is 1. The first-order valence-corrected chi connectivity index (χ1v) is 7.41. The first-order valence-electron chi connectivity index (χ1n) is 7.41. The van der Waals surface area contributed by atoms with E-state index in [0.29, 0.717) is 18.7 Å². The highest BCUT2D eigenvalue weighted by atomic mass is 16.2. The van der Waals surface area contributed by atoms with Gasteiger partial charge in [-0.15, -0.1) is 0 Å². The molecular weight excluding hydrogens is 282 g/mol. The van der Waals surface area contributed by atoms with Gasteiger partial charge in [-0.1, -0.05) is 26.0 Å². The molecule has 1 aromatic carbocycles. The number of nitrogens with one attached hydrogen (secondary N) is 2. The molecule has 0 radical (unpaired) electrons. The normalized spacial score (nSPS) is 12.5. The van der Waals surface area contributed by atoms with Crippen LogP contribution in [-0.2, 0) is 9.59 Å². The molecule has 2 amide bonds. The van der Waals surface area contributed by atoms with E-state index in [0.717, 1.165) is 16.6 Å². The molecule has 2 rings (SSSR count). The van der Waals surface area contributed by atoms with Gasteiger partial charge in [-0.2, -0.15) is 0 Å². The van der Waals surface area contributed by atoms with Gasteiger partial charge < -0.3 is 4.98 Å². The Bertz CT molecular complexity index is 743. The van der Waals surface area contributed by atoms with Gasteiger partial charge in [-0.3, -0.25) is 19.5 Å². The van der Waals surface area contributed by atoms with Crippen molar-refractivity contribution in [2.75, 3.05) is 0 Å². The maximum absolute atomic E-state index is 12.3. The first kappa shape index (κ1) is 16.0. The predicted octanol–water partition coefficient (Wildman–Crippen LogP) is 2.07. The number of H-pyrrole nitrogens is 1. The average molecular weight is 303 g/mol. The zero-order chi connectivity index (χ0) is 16.3. The second kappa shape index (κ2) is 6.60. The molecule has 1 atom stereocenters. The summed E-state index contributed by atoms with van der Waals surface area (Å²) in [4.78, 5) is 36.8. The van der Waals surface area contributed by atoms with Crippen LogP contribution >= 0.6 is 0 Å². The second-order valence-corrected chi connectivity index (χ2v) is 5.77. The lowest BCUT2D eigenvalue weighted by atomic mass is 10.0. The van der Waals surface area contributed by atoms with Crippen LogP contribution in [0, 0.1) is 0 Å². The Morgan fingerprint density at radius 1 is 1.36 bits per heavy atom. The molecule has 1 heterocycles. The highest BCUT2D eigenvalue weighted by Crippen LogP contribution is 2.25. The van der Waals surface area contributed by atoms with Crippen LogP contribution in [0.2, 0.25) is 0 Å². The van der Waals surface area contributed by atoms with E-state index < -0.39 is 0 Å². The number of rotatable bonds is 6. The van der Waals surface area contributed by atoms with E-state index in [1.54, 1.807) is 4.57 Å². The van der Waals surface area contributed by atoms with Crippen molar-refractivity contribution in [3.63, 3.8) is 0 Å². The molecule has 0 bridgehead atoms. The van der Waals surface area contributed by atoms with Crippen molar-refractivity contribution in [2.24, 2.45) is 0 Å². The van der Waals surface area contributed by atoms with Crippen LogP contribution in [0.5, 0.6) is 0 Å². The van der Waals surface area contributed by atoms with Crippen molar-refractivity contribution in [3.05, 3.63) is 34.2 Å². The third-order valence-corrected chi connectivity index (χ3v) is 3.86. The molecule has 6 nitrogen and oxygen atoms in total. The van der Waals surface area contributed by atoms with Crippen LogP contribution in [0.3, 0.4) is 0 Å². The van der Waals surface area contributed by atoms with Crippen molar-refractivity contribution in [1.82, 2.24) is 14.9 Å². The SMILES string of the molecule is CC(C)c1cccc2c1[nH]c(=O)n2C(C)CCC(=O)NC=O. The van der Waals surface area contributed by atoms with Crippen LogP contribution in [-0.4, -0.2) is 21.9 Å². The van der Waals surface area contributed by atoms with Gasteiger partial charge in [-0.05, 0) is 30.9 Å². The summed E-state index contributed by atoms with van der Waals surface area (Å²) in [6.45, 7) is 6.06. The highest BCUT2D eigenvalue weighted by molar-refractivity contribution is 5.85. The standard InChI is InChI=1S/C16H21N3O3/c1-10(2)12-5-4-6-13-15(12)18-16(22)19(13)11(3)7-8-14(21)17-9-20/h4-6,9-11H,7-8H2,1-3H3,(H,18,22)(H,17,20,21). The summed E-state index contributed by atoms with van der Waals surface area (Å²) >= 11 is 0. The predicted molar refractivity (Wildman–Crippen MR) is 84.8 cm³/mol. The lowest BCUT2D eigenvalue weighted by molar-refractivity contribution is -0.125. The number of hydrogen-bond donors (Lipinski definition) is 2. The summed E-state index contributed by atoms with van der Waals surface area (Å²) in [5, 5.41) is 2.11. The van der Waals surface area contributed by atoms with E-state index in [4.69, 9.17) is 0 Å².